The fourth-order valence-electron chi connectivity index (χ4n) is 4.03. The maximum absolute atomic E-state index is 12.4. The number of esters is 1. The Hall–Kier alpha value is -2.37. The van der Waals surface area contributed by atoms with E-state index in [1.165, 1.54) is 14.2 Å². The zero-order valence-corrected chi connectivity index (χ0v) is 15.2. The molecule has 0 aliphatic heterocycles. The van der Waals surface area contributed by atoms with Crippen molar-refractivity contribution in [3.05, 3.63) is 23.8 Å². The Morgan fingerprint density at radius 3 is 2.38 bits per heavy atom. The Bertz CT molecular complexity index is 694. The fourth-order valence-corrected chi connectivity index (χ4v) is 4.03. The lowest BCUT2D eigenvalue weighted by Crippen LogP contribution is -2.39. The van der Waals surface area contributed by atoms with Gasteiger partial charge in [0.25, 0.3) is 0 Å². The molecule has 6 heteroatoms. The van der Waals surface area contributed by atoms with Crippen LogP contribution in [0.4, 0.5) is 0 Å². The number of benzene rings is 1. The van der Waals surface area contributed by atoms with Crippen molar-refractivity contribution in [3.8, 4) is 11.5 Å². The molecule has 2 fully saturated rings. The number of hydrogen-bond acceptors (Lipinski definition) is 6. The molecule has 2 aliphatic carbocycles. The molecule has 26 heavy (non-hydrogen) atoms. The third-order valence-corrected chi connectivity index (χ3v) is 5.44. The van der Waals surface area contributed by atoms with Crippen molar-refractivity contribution in [2.45, 2.75) is 32.1 Å². The Morgan fingerprint density at radius 2 is 1.77 bits per heavy atom. The van der Waals surface area contributed by atoms with Gasteiger partial charge in [0.2, 0.25) is 5.78 Å². The Morgan fingerprint density at radius 1 is 1.08 bits per heavy atom. The first-order valence-corrected chi connectivity index (χ1v) is 8.99. The summed E-state index contributed by atoms with van der Waals surface area (Å²) < 4.78 is 15.6. The lowest BCUT2D eigenvalue weighted by molar-refractivity contribution is -0.152. The number of hydrogen-bond donors (Lipinski definition) is 0. The predicted molar refractivity (Wildman–Crippen MR) is 93.4 cm³/mol. The van der Waals surface area contributed by atoms with Crippen LogP contribution in [-0.4, -0.2) is 38.4 Å². The molecular formula is C20H24O6. The SMILES string of the molecule is COc1ccc(C(=O)COC(=O)C2C[C@H]3CCC[C@@H](C2)C3=O)c(OC)c1. The van der Waals surface area contributed by atoms with Gasteiger partial charge in [0.1, 0.15) is 17.3 Å². The van der Waals surface area contributed by atoms with Crippen molar-refractivity contribution in [1.29, 1.82) is 0 Å². The Balaban J connectivity index is 1.59. The molecule has 140 valence electrons. The summed E-state index contributed by atoms with van der Waals surface area (Å²) in [5.74, 6) is 0.236. The lowest BCUT2D eigenvalue weighted by atomic mass is 9.67. The van der Waals surface area contributed by atoms with Crippen molar-refractivity contribution in [2.75, 3.05) is 20.8 Å². The predicted octanol–water partition coefficient (Wildman–Crippen LogP) is 2.83. The zero-order chi connectivity index (χ0) is 18.7. The number of carbonyl (C=O) groups is 3. The second kappa shape index (κ2) is 7.89. The average Bonchev–Trinajstić information content (AvgIpc) is 2.65. The largest absolute Gasteiger partial charge is 0.497 e. The minimum Gasteiger partial charge on any atom is -0.497 e. The van der Waals surface area contributed by atoms with Crippen molar-refractivity contribution < 1.29 is 28.6 Å². The second-order valence-corrected chi connectivity index (χ2v) is 6.99. The highest BCUT2D eigenvalue weighted by atomic mass is 16.5. The molecule has 6 nitrogen and oxygen atoms in total. The molecule has 1 unspecified atom stereocenters. The third kappa shape index (κ3) is 3.74. The monoisotopic (exact) mass is 360 g/mol. The van der Waals surface area contributed by atoms with E-state index in [2.05, 4.69) is 0 Å². The topological polar surface area (TPSA) is 78.9 Å². The van der Waals surface area contributed by atoms with Gasteiger partial charge in [0.05, 0.1) is 25.7 Å². The van der Waals surface area contributed by atoms with Crippen LogP contribution >= 0.6 is 0 Å². The molecule has 0 radical (unpaired) electrons. The molecule has 1 aromatic rings. The maximum atomic E-state index is 12.4. The van der Waals surface area contributed by atoms with Gasteiger partial charge in [-0.05, 0) is 37.8 Å². The van der Waals surface area contributed by atoms with Crippen LogP contribution in [0.3, 0.4) is 0 Å². The molecule has 2 saturated carbocycles. The number of rotatable bonds is 6. The van der Waals surface area contributed by atoms with Crippen LogP contribution in [-0.2, 0) is 14.3 Å². The van der Waals surface area contributed by atoms with Crippen molar-refractivity contribution >= 4 is 17.5 Å². The standard InChI is InChI=1S/C20H24O6/c1-24-15-6-7-16(18(10-15)25-2)17(21)11-26-20(23)14-8-12-4-3-5-13(9-14)19(12)22/h6-7,10,12-14H,3-5,8-9,11H2,1-2H3/t12-,13+,14?. The van der Waals surface area contributed by atoms with E-state index in [1.807, 2.05) is 0 Å². The molecule has 1 aromatic carbocycles. The third-order valence-electron chi connectivity index (χ3n) is 5.44. The highest BCUT2D eigenvalue weighted by Crippen LogP contribution is 2.40. The van der Waals surface area contributed by atoms with Crippen LogP contribution < -0.4 is 9.47 Å². The minimum absolute atomic E-state index is 0.0163. The molecule has 0 saturated heterocycles. The number of ketones is 2. The summed E-state index contributed by atoms with van der Waals surface area (Å²) >= 11 is 0. The van der Waals surface area contributed by atoms with E-state index in [4.69, 9.17) is 14.2 Å². The summed E-state index contributed by atoms with van der Waals surface area (Å²) in [6.07, 6.45) is 3.88. The first-order chi connectivity index (χ1) is 12.5. The molecule has 0 N–H and O–H groups in total. The van der Waals surface area contributed by atoms with Gasteiger partial charge in [-0.3, -0.25) is 14.4 Å². The fraction of sp³-hybridized carbons (Fsp3) is 0.550. The number of carbonyl (C=O) groups excluding carboxylic acids is 3. The Labute approximate surface area is 152 Å². The van der Waals surface area contributed by atoms with Crippen LogP contribution in [0.5, 0.6) is 11.5 Å². The van der Waals surface area contributed by atoms with Gasteiger partial charge in [-0.1, -0.05) is 6.42 Å². The summed E-state index contributed by atoms with van der Waals surface area (Å²) in [7, 11) is 3.00. The molecule has 3 atom stereocenters. The summed E-state index contributed by atoms with van der Waals surface area (Å²) in [4.78, 5) is 36.9. The molecule has 3 rings (SSSR count). The molecule has 0 amide bonds. The van der Waals surface area contributed by atoms with E-state index >= 15 is 0 Å². The van der Waals surface area contributed by atoms with Gasteiger partial charge in [-0.15, -0.1) is 0 Å². The van der Waals surface area contributed by atoms with E-state index in [9.17, 15) is 14.4 Å². The smallest absolute Gasteiger partial charge is 0.309 e. The van der Waals surface area contributed by atoms with Crippen molar-refractivity contribution in [3.63, 3.8) is 0 Å². The van der Waals surface area contributed by atoms with Crippen LogP contribution in [0.25, 0.3) is 0 Å². The first kappa shape index (κ1) is 18.4. The van der Waals surface area contributed by atoms with E-state index in [1.54, 1.807) is 18.2 Å². The summed E-state index contributed by atoms with van der Waals surface area (Å²) in [5, 5.41) is 0. The van der Waals surface area contributed by atoms with Crippen LogP contribution in [0, 0.1) is 17.8 Å². The van der Waals surface area contributed by atoms with E-state index in [-0.39, 0.29) is 36.1 Å². The van der Waals surface area contributed by atoms with Crippen molar-refractivity contribution in [2.24, 2.45) is 17.8 Å². The maximum Gasteiger partial charge on any atom is 0.309 e. The minimum atomic E-state index is -0.379. The average molecular weight is 360 g/mol. The molecule has 0 aromatic heterocycles. The number of ether oxygens (including phenoxy) is 3. The molecule has 0 spiro atoms. The van der Waals surface area contributed by atoms with Gasteiger partial charge < -0.3 is 14.2 Å². The molecule has 2 bridgehead atoms. The molecular weight excluding hydrogens is 336 g/mol. The van der Waals surface area contributed by atoms with Crippen LogP contribution in [0.15, 0.2) is 18.2 Å². The quantitative estimate of drug-likeness (QED) is 0.573. The Kier molecular flexibility index (Phi) is 5.59. The summed E-state index contributed by atoms with van der Waals surface area (Å²) in [6.45, 7) is -0.332. The van der Waals surface area contributed by atoms with Gasteiger partial charge in [0.15, 0.2) is 6.61 Å². The number of Topliss-reactive ketones (excluding diaryl/α,β-unsaturated/α-hetero) is 2. The molecule has 0 heterocycles. The normalized spacial score (nSPS) is 24.7. The first-order valence-electron chi connectivity index (χ1n) is 8.99. The highest BCUT2D eigenvalue weighted by molar-refractivity contribution is 6.00. The van der Waals surface area contributed by atoms with E-state index < -0.39 is 0 Å². The van der Waals surface area contributed by atoms with Crippen LogP contribution in [0.1, 0.15) is 42.5 Å². The summed E-state index contributed by atoms with van der Waals surface area (Å²) in [6, 6.07) is 4.87. The number of methoxy groups -OCH3 is 2. The second-order valence-electron chi connectivity index (χ2n) is 6.99. The lowest BCUT2D eigenvalue weighted by Gasteiger charge is -2.36. The zero-order valence-electron chi connectivity index (χ0n) is 15.2. The van der Waals surface area contributed by atoms with Gasteiger partial charge in [0, 0.05) is 17.9 Å². The van der Waals surface area contributed by atoms with Crippen molar-refractivity contribution in [1.82, 2.24) is 0 Å². The van der Waals surface area contributed by atoms with E-state index in [0.29, 0.717) is 35.7 Å². The molecule has 2 aliphatic rings. The van der Waals surface area contributed by atoms with E-state index in [0.717, 1.165) is 19.3 Å². The van der Waals surface area contributed by atoms with Gasteiger partial charge in [-0.2, -0.15) is 0 Å². The summed E-state index contributed by atoms with van der Waals surface area (Å²) in [5.41, 5.74) is 0.344. The highest BCUT2D eigenvalue weighted by Gasteiger charge is 2.41. The van der Waals surface area contributed by atoms with Crippen LogP contribution in [0.2, 0.25) is 0 Å². The number of fused-ring (bicyclic) bond motifs is 2. The van der Waals surface area contributed by atoms with Gasteiger partial charge >= 0.3 is 5.97 Å². The van der Waals surface area contributed by atoms with Gasteiger partial charge in [-0.25, -0.2) is 0 Å².